The summed E-state index contributed by atoms with van der Waals surface area (Å²) in [5, 5.41) is 5.98. The van der Waals surface area contributed by atoms with Gasteiger partial charge in [-0.1, -0.05) is 36.4 Å². The fraction of sp³-hybridized carbons (Fsp3) is 0.368. The molecule has 0 radical (unpaired) electrons. The van der Waals surface area contributed by atoms with Crippen molar-refractivity contribution in [2.75, 3.05) is 33.3 Å². The van der Waals surface area contributed by atoms with Gasteiger partial charge in [-0.25, -0.2) is 0 Å². The summed E-state index contributed by atoms with van der Waals surface area (Å²) in [6.45, 7) is 8.18. The van der Waals surface area contributed by atoms with Crippen molar-refractivity contribution < 1.29 is 4.74 Å². The van der Waals surface area contributed by atoms with Crippen molar-refractivity contribution in [1.29, 1.82) is 0 Å². The molecule has 0 aliphatic carbocycles. The standard InChI is InChI=1S/C19H24N2O.2ClH/c1-3-6-17(21-13-11-20-12-14-21)19-16-8-5-4-7-15(16)9-10-18(19)22-2;;/h3-5,7-10,17,20H,1,6,11-14H2,2H3;2*1H/t17-;;/m0../s1. The van der Waals surface area contributed by atoms with Gasteiger partial charge in [0.05, 0.1) is 7.11 Å². The minimum Gasteiger partial charge on any atom is -0.496 e. The first-order valence-electron chi connectivity index (χ1n) is 7.96. The fourth-order valence-corrected chi connectivity index (χ4v) is 3.40. The second kappa shape index (κ2) is 9.90. The quantitative estimate of drug-likeness (QED) is 0.799. The SMILES string of the molecule is C=CC[C@@H](c1c(OC)ccc2ccccc12)N1CCNCC1.Cl.Cl. The van der Waals surface area contributed by atoms with Crippen LogP contribution in [0.15, 0.2) is 49.1 Å². The van der Waals surface area contributed by atoms with E-state index in [0.29, 0.717) is 6.04 Å². The van der Waals surface area contributed by atoms with E-state index >= 15 is 0 Å². The molecular weight excluding hydrogens is 343 g/mol. The number of benzene rings is 2. The van der Waals surface area contributed by atoms with Crippen molar-refractivity contribution in [3.8, 4) is 5.75 Å². The Kier molecular flexibility index (Phi) is 8.57. The number of ether oxygens (including phenoxy) is 1. The molecule has 2 aromatic carbocycles. The van der Waals surface area contributed by atoms with Crippen molar-refractivity contribution in [2.24, 2.45) is 0 Å². The Morgan fingerprint density at radius 2 is 1.88 bits per heavy atom. The molecule has 132 valence electrons. The summed E-state index contributed by atoms with van der Waals surface area (Å²) in [5.74, 6) is 0.976. The zero-order chi connectivity index (χ0) is 15.4. The minimum atomic E-state index is 0. The Balaban J connectivity index is 0.00000144. The number of nitrogens with one attached hydrogen (secondary N) is 1. The van der Waals surface area contributed by atoms with Crippen molar-refractivity contribution in [2.45, 2.75) is 12.5 Å². The first-order valence-corrected chi connectivity index (χ1v) is 7.96. The molecule has 1 aliphatic rings. The number of fused-ring (bicyclic) bond motifs is 1. The molecule has 0 spiro atoms. The van der Waals surface area contributed by atoms with E-state index in [1.807, 2.05) is 6.08 Å². The molecule has 2 aromatic rings. The lowest BCUT2D eigenvalue weighted by Crippen LogP contribution is -2.45. The first-order chi connectivity index (χ1) is 10.8. The van der Waals surface area contributed by atoms with E-state index in [1.54, 1.807) is 7.11 Å². The molecule has 5 heteroatoms. The molecule has 3 nitrogen and oxygen atoms in total. The normalized spacial score (nSPS) is 15.9. The van der Waals surface area contributed by atoms with Gasteiger partial charge in [0, 0.05) is 37.8 Å². The van der Waals surface area contributed by atoms with Crippen LogP contribution in [0.3, 0.4) is 0 Å². The van der Waals surface area contributed by atoms with Crippen LogP contribution in [0.1, 0.15) is 18.0 Å². The molecule has 0 unspecified atom stereocenters. The summed E-state index contributed by atoms with van der Waals surface area (Å²) in [4.78, 5) is 2.54. The molecule has 0 amide bonds. The monoisotopic (exact) mass is 368 g/mol. The zero-order valence-corrected chi connectivity index (χ0v) is 15.7. The van der Waals surface area contributed by atoms with Crippen molar-refractivity contribution >= 4 is 35.6 Å². The molecule has 24 heavy (non-hydrogen) atoms. The van der Waals surface area contributed by atoms with Crippen LogP contribution >= 0.6 is 24.8 Å². The van der Waals surface area contributed by atoms with Crippen LogP contribution in [-0.2, 0) is 0 Å². The van der Waals surface area contributed by atoms with Crippen molar-refractivity contribution in [3.63, 3.8) is 0 Å². The molecule has 1 saturated heterocycles. The number of halogens is 2. The second-order valence-electron chi connectivity index (χ2n) is 5.73. The Morgan fingerprint density at radius 1 is 1.17 bits per heavy atom. The summed E-state index contributed by atoms with van der Waals surface area (Å²) in [5.41, 5.74) is 1.29. The second-order valence-corrected chi connectivity index (χ2v) is 5.73. The molecule has 1 heterocycles. The maximum absolute atomic E-state index is 5.69. The highest BCUT2D eigenvalue weighted by atomic mass is 35.5. The van der Waals surface area contributed by atoms with Gasteiger partial charge in [-0.2, -0.15) is 0 Å². The van der Waals surface area contributed by atoms with E-state index in [2.05, 4.69) is 53.2 Å². The Morgan fingerprint density at radius 3 is 2.54 bits per heavy atom. The molecule has 1 atom stereocenters. The molecule has 1 N–H and O–H groups in total. The fourth-order valence-electron chi connectivity index (χ4n) is 3.40. The lowest BCUT2D eigenvalue weighted by molar-refractivity contribution is 0.172. The smallest absolute Gasteiger partial charge is 0.124 e. The lowest BCUT2D eigenvalue weighted by atomic mass is 9.94. The number of hydrogen-bond acceptors (Lipinski definition) is 3. The third-order valence-electron chi connectivity index (χ3n) is 4.47. The number of rotatable bonds is 5. The van der Waals surface area contributed by atoms with Crippen LogP contribution in [0.5, 0.6) is 5.75 Å². The van der Waals surface area contributed by atoms with Gasteiger partial charge in [-0.15, -0.1) is 31.4 Å². The summed E-state index contributed by atoms with van der Waals surface area (Å²) in [7, 11) is 1.76. The van der Waals surface area contributed by atoms with Gasteiger partial charge < -0.3 is 10.1 Å². The number of nitrogens with zero attached hydrogens (tertiary/aromatic N) is 1. The largest absolute Gasteiger partial charge is 0.496 e. The minimum absolute atomic E-state index is 0. The molecule has 1 fully saturated rings. The lowest BCUT2D eigenvalue weighted by Gasteiger charge is -2.36. The molecule has 0 bridgehead atoms. The van der Waals surface area contributed by atoms with Gasteiger partial charge >= 0.3 is 0 Å². The molecular formula is C19H26Cl2N2O. The Labute approximate surface area is 156 Å². The van der Waals surface area contributed by atoms with Crippen molar-refractivity contribution in [1.82, 2.24) is 10.2 Å². The van der Waals surface area contributed by atoms with E-state index in [0.717, 1.165) is 38.3 Å². The third kappa shape index (κ3) is 4.22. The maximum Gasteiger partial charge on any atom is 0.124 e. The number of methoxy groups -OCH3 is 1. The Bertz CT molecular complexity index is 657. The van der Waals surface area contributed by atoms with Gasteiger partial charge in [0.15, 0.2) is 0 Å². The van der Waals surface area contributed by atoms with Crippen molar-refractivity contribution in [3.05, 3.63) is 54.6 Å². The van der Waals surface area contributed by atoms with Crippen LogP contribution in [0.4, 0.5) is 0 Å². The third-order valence-corrected chi connectivity index (χ3v) is 4.47. The van der Waals surface area contributed by atoms with Gasteiger partial charge in [0.1, 0.15) is 5.75 Å². The summed E-state index contributed by atoms with van der Waals surface area (Å²) in [6.07, 6.45) is 2.96. The average Bonchev–Trinajstić information content (AvgIpc) is 2.59. The van der Waals surface area contributed by atoms with E-state index in [4.69, 9.17) is 4.74 Å². The van der Waals surface area contributed by atoms with Crippen LogP contribution in [-0.4, -0.2) is 38.2 Å². The van der Waals surface area contributed by atoms with E-state index < -0.39 is 0 Å². The predicted octanol–water partition coefficient (Wildman–Crippen LogP) is 4.21. The predicted molar refractivity (Wildman–Crippen MR) is 107 cm³/mol. The highest BCUT2D eigenvalue weighted by Crippen LogP contribution is 2.38. The maximum atomic E-state index is 5.69. The molecule has 0 aromatic heterocycles. The van der Waals surface area contributed by atoms with Crippen LogP contribution < -0.4 is 10.1 Å². The summed E-state index contributed by atoms with van der Waals surface area (Å²) >= 11 is 0. The summed E-state index contributed by atoms with van der Waals surface area (Å²) in [6, 6.07) is 13.1. The van der Waals surface area contributed by atoms with Gasteiger partial charge in [-0.3, -0.25) is 4.90 Å². The molecule has 1 aliphatic heterocycles. The first kappa shape index (κ1) is 20.8. The van der Waals surface area contributed by atoms with Gasteiger partial charge in [0.25, 0.3) is 0 Å². The Hall–Kier alpha value is -1.26. The summed E-state index contributed by atoms with van der Waals surface area (Å²) < 4.78 is 5.69. The van der Waals surface area contributed by atoms with Gasteiger partial charge in [0.2, 0.25) is 0 Å². The average molecular weight is 369 g/mol. The van der Waals surface area contributed by atoms with Crippen LogP contribution in [0.2, 0.25) is 0 Å². The highest BCUT2D eigenvalue weighted by Gasteiger charge is 2.25. The topological polar surface area (TPSA) is 24.5 Å². The number of piperazine rings is 1. The van der Waals surface area contributed by atoms with Gasteiger partial charge in [-0.05, 0) is 23.3 Å². The molecule has 3 rings (SSSR count). The molecule has 0 saturated carbocycles. The van der Waals surface area contributed by atoms with E-state index in [1.165, 1.54) is 16.3 Å². The van der Waals surface area contributed by atoms with Crippen LogP contribution in [0.25, 0.3) is 10.8 Å². The highest BCUT2D eigenvalue weighted by molar-refractivity contribution is 5.88. The van der Waals surface area contributed by atoms with Crippen LogP contribution in [0, 0.1) is 0 Å². The number of hydrogen-bond donors (Lipinski definition) is 1. The van der Waals surface area contributed by atoms with E-state index in [-0.39, 0.29) is 24.8 Å². The zero-order valence-electron chi connectivity index (χ0n) is 14.0. The van der Waals surface area contributed by atoms with E-state index in [9.17, 15) is 0 Å².